The summed E-state index contributed by atoms with van der Waals surface area (Å²) in [6.07, 6.45) is 11.0. The Kier molecular flexibility index (Phi) is 48.9. The third-order valence-corrected chi connectivity index (χ3v) is 21.9. The number of allylic oxidation sites excluding steroid dienone is 4. The summed E-state index contributed by atoms with van der Waals surface area (Å²) in [6.45, 7) is 33.0. The Morgan fingerprint density at radius 2 is 0.944 bits per heavy atom. The first-order valence-corrected chi connectivity index (χ1v) is 43.9. The second kappa shape index (κ2) is 56.3. The van der Waals surface area contributed by atoms with Gasteiger partial charge in [-0.2, -0.15) is 0 Å². The van der Waals surface area contributed by atoms with Gasteiger partial charge in [0.2, 0.25) is 76.3 Å². The molecule has 0 aliphatic carbocycles. The van der Waals surface area contributed by atoms with Crippen LogP contribution in [0.25, 0.3) is 10.9 Å². The van der Waals surface area contributed by atoms with E-state index < -0.39 is 173 Å². The van der Waals surface area contributed by atoms with E-state index in [0.29, 0.717) is 60.6 Å². The minimum absolute atomic E-state index is 0.0181. The zero-order valence-electron chi connectivity index (χ0n) is 75.8. The van der Waals surface area contributed by atoms with Gasteiger partial charge in [0.15, 0.2) is 11.7 Å². The number of carbonyl (C=O) groups excluding carboxylic acids is 15. The fourth-order valence-corrected chi connectivity index (χ4v) is 14.4. The second-order valence-electron chi connectivity index (χ2n) is 34.5. The first-order chi connectivity index (χ1) is 59.5. The van der Waals surface area contributed by atoms with Crippen molar-refractivity contribution in [3.63, 3.8) is 0 Å². The number of aliphatic hydroxyl groups excluding tert-OH is 1. The lowest BCUT2D eigenvalue weighted by Gasteiger charge is -2.37. The molecule has 3 rings (SSSR count). The molecule has 0 aliphatic heterocycles. The quantitative estimate of drug-likeness (QED) is 0.00894. The summed E-state index contributed by atoms with van der Waals surface area (Å²) in [6, 6.07) is 1.23. The first-order valence-electron chi connectivity index (χ1n) is 43.9. The molecular weight excluding hydrogens is 1610 g/mol. The topological polar surface area (TPSA) is 553 Å². The van der Waals surface area contributed by atoms with Crippen molar-refractivity contribution in [2.45, 2.75) is 314 Å². The number of primary amides is 2. The standard InChI is InChI=1S/C92H144N18O16/c1-16-20-24-25-26-35-44-90(14,62(13)113)109-107-70(50-58(7)8)79(117)78(116)69(49-57(5)6)101-82(120)67(41-36-48-97-89(95)96)100-85(123)73(53-64-56-98-66-40-31-30-39-65(64)66)103-84(122)72(51-59(9)10)102-86(124)74(54-76(94)115)105-88(126)92(46-33-22-18-3,47-34-23-19-4)110-108-71(52-63-37-28-27-29-38-63)80(118)81(119)77(61(12)112)106-83(121)68(42-43-75(93)114)104-87(125)91(15,45-32-21-17-2)99-55-60(11)111/h16-19,27-31,37-40,56-59,61,67-74,77,98-99,107-110,112H,1-4,20-26,32-36,41-55H2,5-15H3,(H2,93,114)(H2,94,115)(H,100,123)(H,101,120)(H,102,124)(H,103,122)(H,104,125)(H,105,126)(H,106,121)(H4,95,96,97)/t61-,67?,68+,69+,70+,71+,72?,73+,74+,77+,90+,91-/m1/s1. The number of Topliss-reactive ketones (excluding diaryl/α,β-unsaturated/α-hetero) is 6. The van der Waals surface area contributed by atoms with E-state index >= 15 is 28.8 Å². The van der Waals surface area contributed by atoms with E-state index in [1.807, 2.05) is 19.9 Å². The predicted octanol–water partition coefficient (Wildman–Crippen LogP) is 4.88. The third-order valence-electron chi connectivity index (χ3n) is 21.9. The van der Waals surface area contributed by atoms with Crippen LogP contribution in [0.15, 0.2) is 116 Å². The van der Waals surface area contributed by atoms with Crippen molar-refractivity contribution in [2.75, 3.05) is 13.1 Å². The summed E-state index contributed by atoms with van der Waals surface area (Å²) >= 11 is 0. The smallest absolute Gasteiger partial charge is 0.243 e. The van der Waals surface area contributed by atoms with Crippen LogP contribution in [0, 0.1) is 17.8 Å². The summed E-state index contributed by atoms with van der Waals surface area (Å²) in [7, 11) is 0. The number of unbranched alkanes of at least 4 members (excludes halogenated alkanes) is 7. The van der Waals surface area contributed by atoms with Crippen LogP contribution in [0.2, 0.25) is 0 Å². The number of nitrogens with one attached hydrogen (secondary N) is 13. The molecule has 0 spiro atoms. The minimum atomic E-state index is -2.01. The number of H-pyrrole nitrogens is 1. The number of aromatic nitrogens is 1. The maximum absolute atomic E-state index is 15.7. The molecular formula is C92H144N18O16. The van der Waals surface area contributed by atoms with Crippen LogP contribution in [0.1, 0.15) is 235 Å². The van der Waals surface area contributed by atoms with E-state index in [9.17, 15) is 48.3 Å². The average molecular weight is 1760 g/mol. The number of hydrogen-bond donors (Lipinski definition) is 18. The first kappa shape index (κ1) is 109. The van der Waals surface area contributed by atoms with Crippen molar-refractivity contribution in [1.29, 1.82) is 0 Å². The molecule has 34 heteroatoms. The lowest BCUT2D eigenvalue weighted by atomic mass is 9.85. The number of nitrogens with two attached hydrogens (primary N) is 4. The molecule has 1 heterocycles. The highest BCUT2D eigenvalue weighted by atomic mass is 16.3. The van der Waals surface area contributed by atoms with E-state index in [-0.39, 0.29) is 125 Å². The number of aliphatic imine (C=N–C) groups is 1. The molecule has 2 unspecified atom stereocenters. The van der Waals surface area contributed by atoms with Gasteiger partial charge in [-0.1, -0.05) is 134 Å². The molecule has 0 bridgehead atoms. The molecule has 12 atom stereocenters. The molecule has 1 aromatic heterocycles. The van der Waals surface area contributed by atoms with Gasteiger partial charge in [0.1, 0.15) is 47.6 Å². The zero-order chi connectivity index (χ0) is 94.4. The molecule has 9 amide bonds. The number of guanidine groups is 1. The normalized spacial score (nSPS) is 14.8. The van der Waals surface area contributed by atoms with E-state index in [2.05, 4.69) is 101 Å². The monoisotopic (exact) mass is 1760 g/mol. The second-order valence-corrected chi connectivity index (χ2v) is 34.5. The average Bonchev–Trinajstić information content (AvgIpc) is 1.46. The molecule has 3 aromatic rings. The van der Waals surface area contributed by atoms with Crippen molar-refractivity contribution in [1.82, 2.24) is 69.2 Å². The minimum Gasteiger partial charge on any atom is -0.391 e. The number of rotatable bonds is 69. The van der Waals surface area contributed by atoms with Gasteiger partial charge in [-0.15, -0.1) is 26.3 Å². The van der Waals surface area contributed by atoms with Gasteiger partial charge in [-0.25, -0.2) is 21.7 Å². The van der Waals surface area contributed by atoms with E-state index in [4.69, 9.17) is 22.9 Å². The molecule has 698 valence electrons. The molecule has 0 aliphatic rings. The molecule has 0 fully saturated rings. The van der Waals surface area contributed by atoms with E-state index in [0.717, 1.165) is 32.6 Å². The maximum Gasteiger partial charge on any atom is 0.243 e. The number of fused-ring (bicyclic) bond motifs is 1. The van der Waals surface area contributed by atoms with Gasteiger partial charge in [0, 0.05) is 36.5 Å². The number of aliphatic hydroxyl groups is 1. The predicted molar refractivity (Wildman–Crippen MR) is 487 cm³/mol. The van der Waals surface area contributed by atoms with Crippen molar-refractivity contribution in [3.8, 4) is 0 Å². The Morgan fingerprint density at radius 1 is 0.468 bits per heavy atom. The Labute approximate surface area is 742 Å². The maximum atomic E-state index is 15.7. The Bertz CT molecular complexity index is 4160. The number of ketones is 6. The fourth-order valence-electron chi connectivity index (χ4n) is 14.4. The summed E-state index contributed by atoms with van der Waals surface area (Å²) in [5.74, 6) is -14.5. The number of para-hydroxylation sites is 1. The van der Waals surface area contributed by atoms with Crippen LogP contribution in [-0.2, 0) is 84.8 Å². The number of benzene rings is 2. The van der Waals surface area contributed by atoms with Crippen LogP contribution in [0.4, 0.5) is 0 Å². The van der Waals surface area contributed by atoms with Gasteiger partial charge in [-0.3, -0.25) is 82.2 Å². The lowest BCUT2D eigenvalue weighted by Crippen LogP contribution is -2.67. The number of amides is 9. The molecule has 0 saturated heterocycles. The Hall–Kier alpha value is -10.8. The third kappa shape index (κ3) is 38.6. The highest BCUT2D eigenvalue weighted by Gasteiger charge is 2.45. The Morgan fingerprint density at radius 3 is 1.52 bits per heavy atom. The van der Waals surface area contributed by atoms with Crippen LogP contribution in [0.3, 0.4) is 0 Å². The highest BCUT2D eigenvalue weighted by molar-refractivity contribution is 6.42. The summed E-state index contributed by atoms with van der Waals surface area (Å²) in [5.41, 5.74) is 32.2. The van der Waals surface area contributed by atoms with Crippen molar-refractivity contribution >= 4 is 105 Å². The SMILES string of the molecule is C=CCCCCCC[C@](C)(NN[C@@H](CC(C)C)C(=O)C(=O)[C@H](CC(C)C)NC(=O)C(CCCN=C(N)N)NC(=O)[C@H](Cc1c[nH]c2ccccc12)NC(=O)C(CC(C)C)NC(=O)[C@H](CC(N)=O)NC(=O)C(CCCC=C)(CCCC=C)NN[C@@H](Cc1ccccc1)C(=O)C(=O)[C@@H](NC(=O)[C@H](CCC(N)=O)NC(=O)[C@@](C)(CCCC=C)NCC(C)=O)[C@@H](C)O)C(C)=O. The number of carbonyl (C=O) groups is 15. The van der Waals surface area contributed by atoms with Crippen molar-refractivity contribution < 1.29 is 77.0 Å². The van der Waals surface area contributed by atoms with Gasteiger partial charge in [0.25, 0.3) is 0 Å². The van der Waals surface area contributed by atoms with Crippen LogP contribution in [-0.4, -0.2) is 194 Å². The zero-order valence-corrected chi connectivity index (χ0v) is 75.8. The van der Waals surface area contributed by atoms with E-state index in [1.54, 1.807) is 114 Å². The number of aromatic amines is 1. The molecule has 34 nitrogen and oxygen atoms in total. The largest absolute Gasteiger partial charge is 0.391 e. The van der Waals surface area contributed by atoms with Gasteiger partial charge >= 0.3 is 0 Å². The summed E-state index contributed by atoms with van der Waals surface area (Å²) < 4.78 is 0. The number of nitrogens with zero attached hydrogens (tertiary/aromatic N) is 1. The van der Waals surface area contributed by atoms with Crippen molar-refractivity contribution in [3.05, 3.63) is 123 Å². The van der Waals surface area contributed by atoms with Gasteiger partial charge in [0.05, 0.1) is 48.3 Å². The fraction of sp³-hybridized carbons (Fsp3) is 0.587. The summed E-state index contributed by atoms with van der Waals surface area (Å²) in [4.78, 5) is 223. The van der Waals surface area contributed by atoms with Gasteiger partial charge < -0.3 is 70.2 Å². The van der Waals surface area contributed by atoms with Gasteiger partial charge in [-0.05, 0) is 192 Å². The molecule has 126 heavy (non-hydrogen) atoms. The van der Waals surface area contributed by atoms with Crippen LogP contribution in [0.5, 0.6) is 0 Å². The van der Waals surface area contributed by atoms with Crippen LogP contribution >= 0.6 is 0 Å². The number of hydrazine groups is 2. The molecule has 0 saturated carbocycles. The van der Waals surface area contributed by atoms with Crippen molar-refractivity contribution in [2.24, 2.45) is 45.7 Å². The lowest BCUT2D eigenvalue weighted by molar-refractivity contribution is -0.143. The molecule has 2 aromatic carbocycles. The van der Waals surface area contributed by atoms with E-state index in [1.165, 1.54) is 20.8 Å². The molecule has 0 radical (unpaired) electrons. The molecule has 22 N–H and O–H groups in total. The Balaban J connectivity index is 2.19. The number of hydrogen-bond acceptors (Lipinski definition) is 22. The summed E-state index contributed by atoms with van der Waals surface area (Å²) in [5, 5.41) is 33.7. The highest BCUT2D eigenvalue weighted by Crippen LogP contribution is 2.27. The van der Waals surface area contributed by atoms with Crippen LogP contribution < -0.4 is 87.2 Å².